The monoisotopic (exact) mass is 248 g/mol. The van der Waals surface area contributed by atoms with Gasteiger partial charge in [0.25, 0.3) is 0 Å². The van der Waals surface area contributed by atoms with Crippen LogP contribution in [0, 0.1) is 0 Å². The highest BCUT2D eigenvalue weighted by molar-refractivity contribution is 7.91. The van der Waals surface area contributed by atoms with Gasteiger partial charge in [0.1, 0.15) is 6.10 Å². The average Bonchev–Trinajstić information content (AvgIpc) is 2.58. The van der Waals surface area contributed by atoms with Crippen molar-refractivity contribution in [1.29, 1.82) is 0 Å². The van der Waals surface area contributed by atoms with Crippen LogP contribution >= 0.6 is 0 Å². The van der Waals surface area contributed by atoms with Crippen LogP contribution in [0.5, 0.6) is 0 Å². The second kappa shape index (κ2) is 4.21. The minimum Gasteiger partial charge on any atom is -0.445 e. The molecule has 7 heteroatoms. The van der Waals surface area contributed by atoms with Crippen LogP contribution in [0.2, 0.25) is 0 Å². The lowest BCUT2D eigenvalue weighted by molar-refractivity contribution is 0.0182. The Morgan fingerprint density at radius 1 is 1.44 bits per heavy atom. The summed E-state index contributed by atoms with van der Waals surface area (Å²) < 4.78 is 27.7. The average molecular weight is 248 g/mol. The van der Waals surface area contributed by atoms with Crippen LogP contribution in [0.15, 0.2) is 0 Å². The van der Waals surface area contributed by atoms with Crippen LogP contribution in [0.1, 0.15) is 12.8 Å². The Morgan fingerprint density at radius 3 is 2.69 bits per heavy atom. The van der Waals surface area contributed by atoms with Gasteiger partial charge in [0, 0.05) is 25.6 Å². The van der Waals surface area contributed by atoms with Gasteiger partial charge in [0.05, 0.1) is 11.5 Å². The molecule has 2 unspecified atom stereocenters. The summed E-state index contributed by atoms with van der Waals surface area (Å²) in [6.45, 7) is 0.865. The van der Waals surface area contributed by atoms with E-state index in [1.807, 2.05) is 0 Å². The van der Waals surface area contributed by atoms with Crippen LogP contribution in [0.3, 0.4) is 0 Å². The van der Waals surface area contributed by atoms with Gasteiger partial charge < -0.3 is 15.4 Å². The van der Waals surface area contributed by atoms with Gasteiger partial charge in [-0.25, -0.2) is 13.2 Å². The molecule has 2 fully saturated rings. The number of cyclic esters (lactones) is 1. The second-order valence-corrected chi connectivity index (χ2v) is 6.51. The van der Waals surface area contributed by atoms with E-state index in [0.29, 0.717) is 25.9 Å². The molecule has 0 radical (unpaired) electrons. The lowest BCUT2D eigenvalue weighted by Crippen LogP contribution is -2.49. The molecule has 2 rings (SSSR count). The number of carbonyl (C=O) groups is 1. The maximum atomic E-state index is 11.6. The summed E-state index contributed by atoms with van der Waals surface area (Å²) >= 11 is 0. The first-order valence-corrected chi connectivity index (χ1v) is 7.22. The summed E-state index contributed by atoms with van der Waals surface area (Å²) in [6, 6.07) is -0.212. The van der Waals surface area contributed by atoms with E-state index in [1.54, 1.807) is 0 Å². The third-order valence-corrected chi connectivity index (χ3v) is 4.86. The Labute approximate surface area is 94.6 Å². The van der Waals surface area contributed by atoms with Crippen LogP contribution in [-0.2, 0) is 14.6 Å². The summed E-state index contributed by atoms with van der Waals surface area (Å²) in [7, 11) is -2.96. The lowest BCUT2D eigenvalue weighted by Gasteiger charge is -2.34. The fourth-order valence-electron chi connectivity index (χ4n) is 2.16. The molecule has 0 aromatic rings. The zero-order valence-corrected chi connectivity index (χ0v) is 9.78. The molecule has 16 heavy (non-hydrogen) atoms. The van der Waals surface area contributed by atoms with Crippen molar-refractivity contribution in [2.75, 3.05) is 24.6 Å². The van der Waals surface area contributed by atoms with Gasteiger partial charge in [-0.15, -0.1) is 0 Å². The largest absolute Gasteiger partial charge is 0.445 e. The highest BCUT2D eigenvalue weighted by atomic mass is 32.2. The van der Waals surface area contributed by atoms with Gasteiger partial charge in [-0.3, -0.25) is 0 Å². The summed E-state index contributed by atoms with van der Waals surface area (Å²) in [5.41, 5.74) is 5.42. The Morgan fingerprint density at radius 2 is 2.19 bits per heavy atom. The van der Waals surface area contributed by atoms with Gasteiger partial charge in [-0.1, -0.05) is 0 Å². The normalized spacial score (nSPS) is 33.8. The third kappa shape index (κ3) is 2.30. The number of hydrogen-bond donors (Lipinski definition) is 1. The van der Waals surface area contributed by atoms with Crippen molar-refractivity contribution < 1.29 is 17.9 Å². The fraction of sp³-hybridized carbons (Fsp3) is 0.889. The fourth-order valence-corrected chi connectivity index (χ4v) is 3.89. The molecule has 2 atom stereocenters. The lowest BCUT2D eigenvalue weighted by atomic mass is 10.1. The first kappa shape index (κ1) is 11.7. The van der Waals surface area contributed by atoms with Gasteiger partial charge >= 0.3 is 6.09 Å². The van der Waals surface area contributed by atoms with Gasteiger partial charge in [-0.2, -0.15) is 0 Å². The molecule has 0 aliphatic carbocycles. The molecular formula is C9H16N2O4S. The van der Waals surface area contributed by atoms with E-state index >= 15 is 0 Å². The summed E-state index contributed by atoms with van der Waals surface area (Å²) in [5.74, 6) is 0.233. The number of sulfone groups is 1. The van der Waals surface area contributed by atoms with Crippen LogP contribution < -0.4 is 5.73 Å². The third-order valence-electron chi connectivity index (χ3n) is 3.11. The number of nitrogens with two attached hydrogens (primary N) is 1. The van der Waals surface area contributed by atoms with E-state index < -0.39 is 15.9 Å². The summed E-state index contributed by atoms with van der Waals surface area (Å²) in [5, 5.41) is 0. The number of carbonyl (C=O) groups excluding carboxylic acids is 1. The highest BCUT2D eigenvalue weighted by Crippen LogP contribution is 2.22. The maximum absolute atomic E-state index is 11.6. The molecule has 0 spiro atoms. The quantitative estimate of drug-likeness (QED) is 0.701. The molecule has 2 saturated heterocycles. The minimum absolute atomic E-state index is 0.0649. The Kier molecular flexibility index (Phi) is 3.07. The Hall–Kier alpha value is -0.820. The van der Waals surface area contributed by atoms with E-state index in [2.05, 4.69) is 0 Å². The SMILES string of the molecule is NCC1CCN(C2CCS(=O)(=O)C2)C(=O)O1. The number of ether oxygens (including phenoxy) is 1. The van der Waals surface area contributed by atoms with Crippen LogP contribution in [0.4, 0.5) is 4.79 Å². The van der Waals surface area contributed by atoms with Crippen molar-refractivity contribution in [3.8, 4) is 0 Å². The van der Waals surface area contributed by atoms with Crippen LogP contribution in [-0.4, -0.2) is 56.2 Å². The predicted octanol–water partition coefficient (Wildman–Crippen LogP) is -0.657. The molecule has 2 aliphatic rings. The van der Waals surface area contributed by atoms with Crippen molar-refractivity contribution in [3.63, 3.8) is 0 Å². The minimum atomic E-state index is -2.96. The van der Waals surface area contributed by atoms with Gasteiger partial charge in [0.2, 0.25) is 0 Å². The van der Waals surface area contributed by atoms with E-state index in [0.717, 1.165) is 0 Å². The molecular weight excluding hydrogens is 232 g/mol. The molecule has 2 aliphatic heterocycles. The molecule has 0 aromatic heterocycles. The number of amides is 1. The number of hydrogen-bond acceptors (Lipinski definition) is 5. The molecule has 1 amide bonds. The van der Waals surface area contributed by atoms with Gasteiger partial charge in [0.15, 0.2) is 9.84 Å². The first-order valence-electron chi connectivity index (χ1n) is 5.39. The van der Waals surface area contributed by atoms with Crippen molar-refractivity contribution in [1.82, 2.24) is 4.90 Å². The van der Waals surface area contributed by atoms with Crippen molar-refractivity contribution in [3.05, 3.63) is 0 Å². The van der Waals surface area contributed by atoms with Crippen molar-refractivity contribution in [2.24, 2.45) is 5.73 Å². The zero-order chi connectivity index (χ0) is 11.8. The maximum Gasteiger partial charge on any atom is 0.410 e. The predicted molar refractivity (Wildman–Crippen MR) is 57.7 cm³/mol. The zero-order valence-electron chi connectivity index (χ0n) is 8.96. The summed E-state index contributed by atoms with van der Waals surface area (Å²) in [6.07, 6.45) is 0.550. The number of rotatable bonds is 2. The molecule has 92 valence electrons. The second-order valence-electron chi connectivity index (χ2n) is 4.28. The molecule has 0 saturated carbocycles. The topological polar surface area (TPSA) is 89.7 Å². The van der Waals surface area contributed by atoms with E-state index in [-0.39, 0.29) is 23.7 Å². The first-order chi connectivity index (χ1) is 7.52. The standard InChI is InChI=1S/C9H16N2O4S/c10-5-8-1-3-11(9(12)15-8)7-2-4-16(13,14)6-7/h7-8H,1-6,10H2. The van der Waals surface area contributed by atoms with Crippen molar-refractivity contribution >= 4 is 15.9 Å². The van der Waals surface area contributed by atoms with Gasteiger partial charge in [-0.05, 0) is 6.42 Å². The Balaban J connectivity index is 1.99. The van der Waals surface area contributed by atoms with Crippen molar-refractivity contribution in [2.45, 2.75) is 25.0 Å². The van der Waals surface area contributed by atoms with Crippen LogP contribution in [0.25, 0.3) is 0 Å². The smallest absolute Gasteiger partial charge is 0.410 e. The molecule has 0 bridgehead atoms. The molecule has 2 heterocycles. The Bertz CT molecular complexity index is 381. The molecule has 0 aromatic carbocycles. The van der Waals surface area contributed by atoms with E-state index in [4.69, 9.17) is 10.5 Å². The van der Waals surface area contributed by atoms with E-state index in [9.17, 15) is 13.2 Å². The van der Waals surface area contributed by atoms with E-state index in [1.165, 1.54) is 4.90 Å². The molecule has 2 N–H and O–H groups in total. The summed E-state index contributed by atoms with van der Waals surface area (Å²) in [4.78, 5) is 13.1. The molecule has 6 nitrogen and oxygen atoms in total. The number of nitrogens with zero attached hydrogens (tertiary/aromatic N) is 1. The highest BCUT2D eigenvalue weighted by Gasteiger charge is 2.38.